The van der Waals surface area contributed by atoms with Crippen LogP contribution in [0.15, 0.2) is 18.2 Å². The molecule has 0 atom stereocenters. The molecule has 1 nitrogen and oxygen atoms in total. The molecule has 0 spiro atoms. The molecule has 0 aliphatic heterocycles. The van der Waals surface area contributed by atoms with E-state index >= 15 is 0 Å². The molecule has 1 aromatic rings. The predicted molar refractivity (Wildman–Crippen MR) is 63.8 cm³/mol. The Morgan fingerprint density at radius 1 is 1.11 bits per heavy atom. The standard InChI is InChI=1S/C14H17F3O/c1-13(2,3)11-7-4-9(14(15,16)17)8-12(11)18-10-5-6-10/h4,7-8,10H,5-6H2,1-3H3. The lowest BCUT2D eigenvalue weighted by Crippen LogP contribution is -2.15. The first-order valence-corrected chi connectivity index (χ1v) is 6.06. The molecule has 1 saturated carbocycles. The second kappa shape index (κ2) is 4.18. The molecule has 4 heteroatoms. The molecule has 0 heterocycles. The Labute approximate surface area is 105 Å². The van der Waals surface area contributed by atoms with Gasteiger partial charge in [-0.3, -0.25) is 0 Å². The summed E-state index contributed by atoms with van der Waals surface area (Å²) >= 11 is 0. The Kier molecular flexibility index (Phi) is 3.07. The minimum Gasteiger partial charge on any atom is -0.490 e. The van der Waals surface area contributed by atoms with Gasteiger partial charge >= 0.3 is 6.18 Å². The van der Waals surface area contributed by atoms with E-state index in [1.54, 1.807) is 0 Å². The quantitative estimate of drug-likeness (QED) is 0.756. The van der Waals surface area contributed by atoms with Crippen molar-refractivity contribution in [1.29, 1.82) is 0 Å². The molecule has 0 aromatic heterocycles. The number of hydrogen-bond donors (Lipinski definition) is 0. The molecule has 0 radical (unpaired) electrons. The van der Waals surface area contributed by atoms with E-state index in [0.29, 0.717) is 5.75 Å². The number of rotatable bonds is 2. The maximum Gasteiger partial charge on any atom is 0.416 e. The van der Waals surface area contributed by atoms with Crippen LogP contribution < -0.4 is 4.74 Å². The van der Waals surface area contributed by atoms with Crippen LogP contribution in [0.3, 0.4) is 0 Å². The minimum atomic E-state index is -4.32. The Hall–Kier alpha value is -1.19. The molecular weight excluding hydrogens is 241 g/mol. The zero-order valence-corrected chi connectivity index (χ0v) is 10.8. The number of benzene rings is 1. The third kappa shape index (κ3) is 2.98. The second-order valence-corrected chi connectivity index (χ2v) is 5.78. The molecule has 1 aliphatic rings. The molecule has 1 fully saturated rings. The largest absolute Gasteiger partial charge is 0.490 e. The van der Waals surface area contributed by atoms with E-state index in [4.69, 9.17) is 4.74 Å². The molecule has 1 aliphatic carbocycles. The van der Waals surface area contributed by atoms with E-state index in [2.05, 4.69) is 0 Å². The lowest BCUT2D eigenvalue weighted by molar-refractivity contribution is -0.137. The summed E-state index contributed by atoms with van der Waals surface area (Å²) in [6.07, 6.45) is -2.37. The van der Waals surface area contributed by atoms with Gasteiger partial charge in [-0.25, -0.2) is 0 Å². The minimum absolute atomic E-state index is 0.0922. The van der Waals surface area contributed by atoms with Gasteiger partial charge in [0, 0.05) is 0 Å². The summed E-state index contributed by atoms with van der Waals surface area (Å²) in [6.45, 7) is 5.90. The molecule has 0 amide bonds. The summed E-state index contributed by atoms with van der Waals surface area (Å²) in [5.41, 5.74) is -0.0532. The molecule has 2 rings (SSSR count). The highest BCUT2D eigenvalue weighted by Crippen LogP contribution is 2.39. The van der Waals surface area contributed by atoms with Gasteiger partial charge in [-0.05, 0) is 36.0 Å². The fourth-order valence-electron chi connectivity index (χ4n) is 1.78. The van der Waals surface area contributed by atoms with Gasteiger partial charge in [0.15, 0.2) is 0 Å². The highest BCUT2D eigenvalue weighted by molar-refractivity contribution is 5.42. The normalized spacial score (nSPS) is 16.8. The molecule has 0 unspecified atom stereocenters. The number of halogens is 3. The maximum atomic E-state index is 12.7. The average Bonchev–Trinajstić information content (AvgIpc) is 2.98. The highest BCUT2D eigenvalue weighted by Gasteiger charge is 2.34. The van der Waals surface area contributed by atoms with Crippen LogP contribution in [-0.4, -0.2) is 6.10 Å². The fourth-order valence-corrected chi connectivity index (χ4v) is 1.78. The highest BCUT2D eigenvalue weighted by atomic mass is 19.4. The van der Waals surface area contributed by atoms with E-state index in [-0.39, 0.29) is 11.5 Å². The fraction of sp³-hybridized carbons (Fsp3) is 0.571. The van der Waals surface area contributed by atoms with Gasteiger partial charge in [-0.2, -0.15) is 13.2 Å². The molecule has 100 valence electrons. The molecule has 0 N–H and O–H groups in total. The van der Waals surface area contributed by atoms with Crippen molar-refractivity contribution in [1.82, 2.24) is 0 Å². The number of hydrogen-bond acceptors (Lipinski definition) is 1. The van der Waals surface area contributed by atoms with E-state index < -0.39 is 11.7 Å². The number of ether oxygens (including phenoxy) is 1. The first-order chi connectivity index (χ1) is 8.18. The molecule has 0 bridgehead atoms. The lowest BCUT2D eigenvalue weighted by Gasteiger charge is -2.24. The van der Waals surface area contributed by atoms with Crippen LogP contribution in [0.5, 0.6) is 5.75 Å². The Morgan fingerprint density at radius 2 is 1.72 bits per heavy atom. The van der Waals surface area contributed by atoms with Crippen molar-refractivity contribution in [2.45, 2.75) is 51.3 Å². The molecule has 18 heavy (non-hydrogen) atoms. The SMILES string of the molecule is CC(C)(C)c1ccc(C(F)(F)F)cc1OC1CC1. The van der Waals surface area contributed by atoms with Gasteiger partial charge in [-0.1, -0.05) is 26.8 Å². The summed E-state index contributed by atoms with van der Waals surface area (Å²) in [6, 6.07) is 3.78. The smallest absolute Gasteiger partial charge is 0.416 e. The van der Waals surface area contributed by atoms with Crippen molar-refractivity contribution >= 4 is 0 Å². The van der Waals surface area contributed by atoms with Gasteiger partial charge < -0.3 is 4.74 Å². The lowest BCUT2D eigenvalue weighted by atomic mass is 9.85. The van der Waals surface area contributed by atoms with Gasteiger partial charge in [0.25, 0.3) is 0 Å². The summed E-state index contributed by atoms with van der Waals surface area (Å²) in [4.78, 5) is 0. The predicted octanol–water partition coefficient (Wildman–Crippen LogP) is 4.54. The van der Waals surface area contributed by atoms with Crippen molar-refractivity contribution in [2.75, 3.05) is 0 Å². The van der Waals surface area contributed by atoms with Crippen LogP contribution in [0.1, 0.15) is 44.7 Å². The molecule has 0 saturated heterocycles. The van der Waals surface area contributed by atoms with Crippen molar-refractivity contribution in [2.24, 2.45) is 0 Å². The molecular formula is C14H17F3O. The van der Waals surface area contributed by atoms with Crippen LogP contribution in [0.4, 0.5) is 13.2 Å². The van der Waals surface area contributed by atoms with Crippen molar-refractivity contribution in [3.8, 4) is 5.75 Å². The third-order valence-corrected chi connectivity index (χ3v) is 2.93. The second-order valence-electron chi connectivity index (χ2n) is 5.78. The Bertz CT molecular complexity index is 439. The van der Waals surface area contributed by atoms with Crippen LogP contribution in [-0.2, 0) is 11.6 Å². The summed E-state index contributed by atoms with van der Waals surface area (Å²) in [5, 5.41) is 0. The summed E-state index contributed by atoms with van der Waals surface area (Å²) in [5.74, 6) is 0.375. The number of alkyl halides is 3. The topological polar surface area (TPSA) is 9.23 Å². The van der Waals surface area contributed by atoms with Crippen LogP contribution in [0, 0.1) is 0 Å². The monoisotopic (exact) mass is 258 g/mol. The van der Waals surface area contributed by atoms with Crippen LogP contribution in [0.2, 0.25) is 0 Å². The zero-order valence-electron chi connectivity index (χ0n) is 10.8. The summed E-state index contributed by atoms with van der Waals surface area (Å²) in [7, 11) is 0. The van der Waals surface area contributed by atoms with Gasteiger partial charge in [0.1, 0.15) is 5.75 Å². The van der Waals surface area contributed by atoms with Gasteiger partial charge in [0.05, 0.1) is 11.7 Å². The maximum absolute atomic E-state index is 12.7. The first kappa shape index (κ1) is 13.2. The first-order valence-electron chi connectivity index (χ1n) is 6.06. The van der Waals surface area contributed by atoms with E-state index in [1.807, 2.05) is 20.8 Å². The van der Waals surface area contributed by atoms with Gasteiger partial charge in [-0.15, -0.1) is 0 Å². The van der Waals surface area contributed by atoms with E-state index in [9.17, 15) is 13.2 Å². The molecule has 1 aromatic carbocycles. The van der Waals surface area contributed by atoms with E-state index in [1.165, 1.54) is 6.07 Å². The van der Waals surface area contributed by atoms with Crippen molar-refractivity contribution < 1.29 is 17.9 Å². The van der Waals surface area contributed by atoms with Crippen LogP contribution >= 0.6 is 0 Å². The summed E-state index contributed by atoms with van der Waals surface area (Å²) < 4.78 is 43.7. The van der Waals surface area contributed by atoms with E-state index in [0.717, 1.165) is 30.5 Å². The third-order valence-electron chi connectivity index (χ3n) is 2.93. The van der Waals surface area contributed by atoms with Crippen molar-refractivity contribution in [3.63, 3.8) is 0 Å². The van der Waals surface area contributed by atoms with Crippen molar-refractivity contribution in [3.05, 3.63) is 29.3 Å². The Morgan fingerprint density at radius 3 is 2.17 bits per heavy atom. The zero-order chi connectivity index (χ0) is 13.6. The average molecular weight is 258 g/mol. The van der Waals surface area contributed by atoms with Gasteiger partial charge in [0.2, 0.25) is 0 Å². The Balaban J connectivity index is 2.41. The van der Waals surface area contributed by atoms with Crippen LogP contribution in [0.25, 0.3) is 0 Å².